The fraction of sp³-hybridized carbons (Fsp3) is 0.308. The quantitative estimate of drug-likeness (QED) is 0.466. The van der Waals surface area contributed by atoms with E-state index in [9.17, 15) is 18.7 Å². The second kappa shape index (κ2) is 10.3. The minimum Gasteiger partial charge on any atom is -0.507 e. The summed E-state index contributed by atoms with van der Waals surface area (Å²) in [5.41, 5.74) is 7.79. The molecule has 0 bridgehead atoms. The molecule has 4 N–H and O–H groups in total. The van der Waals surface area contributed by atoms with Gasteiger partial charge in [-0.2, -0.15) is 0 Å². The zero-order valence-electron chi connectivity index (χ0n) is 19.8. The molecule has 184 valence electrons. The van der Waals surface area contributed by atoms with Crippen LogP contribution in [0.3, 0.4) is 0 Å². The Hall–Kier alpha value is -3.72. The lowest BCUT2D eigenvalue weighted by Crippen LogP contribution is -2.32. The van der Waals surface area contributed by atoms with E-state index < -0.39 is 11.6 Å². The third-order valence-electron chi connectivity index (χ3n) is 6.52. The van der Waals surface area contributed by atoms with Gasteiger partial charge in [0.25, 0.3) is 5.91 Å². The molecule has 1 amide bonds. The summed E-state index contributed by atoms with van der Waals surface area (Å²) in [7, 11) is 3.73. The molecule has 3 aromatic rings. The van der Waals surface area contributed by atoms with Crippen molar-refractivity contribution in [3.05, 3.63) is 65.7 Å². The SMILES string of the molecule is CN(c1ccc(O)c(-c2ccc(C(=O)NCCC3CCCN3C)c(N)n2)c1)c1ccc(F)cc1F. The van der Waals surface area contributed by atoms with Crippen molar-refractivity contribution in [2.24, 2.45) is 0 Å². The highest BCUT2D eigenvalue weighted by Crippen LogP contribution is 2.35. The van der Waals surface area contributed by atoms with Crippen molar-refractivity contribution in [1.29, 1.82) is 0 Å². The number of rotatable bonds is 7. The predicted octanol–water partition coefficient (Wildman–Crippen LogP) is 4.30. The number of nitrogens with two attached hydrogens (primary N) is 1. The third-order valence-corrected chi connectivity index (χ3v) is 6.52. The summed E-state index contributed by atoms with van der Waals surface area (Å²) in [6.07, 6.45) is 3.18. The summed E-state index contributed by atoms with van der Waals surface area (Å²) in [5, 5.41) is 13.3. The molecule has 2 aromatic carbocycles. The smallest absolute Gasteiger partial charge is 0.255 e. The number of aromatic nitrogens is 1. The van der Waals surface area contributed by atoms with Crippen LogP contribution in [0.2, 0.25) is 0 Å². The van der Waals surface area contributed by atoms with Gasteiger partial charge in [0.2, 0.25) is 0 Å². The number of likely N-dealkylation sites (tertiary alicyclic amines) is 1. The first-order valence-electron chi connectivity index (χ1n) is 11.5. The van der Waals surface area contributed by atoms with Crippen LogP contribution in [0.1, 0.15) is 29.6 Å². The highest BCUT2D eigenvalue weighted by Gasteiger charge is 2.21. The van der Waals surface area contributed by atoms with Crippen LogP contribution in [0.4, 0.5) is 26.0 Å². The summed E-state index contributed by atoms with van der Waals surface area (Å²) in [6, 6.07) is 11.7. The van der Waals surface area contributed by atoms with Crippen LogP contribution in [0.15, 0.2) is 48.5 Å². The lowest BCUT2D eigenvalue weighted by Gasteiger charge is -2.21. The van der Waals surface area contributed by atoms with Crippen LogP contribution in [0, 0.1) is 11.6 Å². The fourth-order valence-electron chi connectivity index (χ4n) is 4.44. The second-order valence-electron chi connectivity index (χ2n) is 8.81. The normalized spacial score (nSPS) is 15.8. The Balaban J connectivity index is 1.51. The maximum Gasteiger partial charge on any atom is 0.255 e. The number of nitrogens with zero attached hydrogens (tertiary/aromatic N) is 3. The largest absolute Gasteiger partial charge is 0.507 e. The third kappa shape index (κ3) is 5.35. The molecule has 2 heterocycles. The summed E-state index contributed by atoms with van der Waals surface area (Å²) in [5.74, 6) is -1.68. The number of amides is 1. The van der Waals surface area contributed by atoms with Gasteiger partial charge < -0.3 is 26.0 Å². The van der Waals surface area contributed by atoms with Crippen LogP contribution >= 0.6 is 0 Å². The summed E-state index contributed by atoms with van der Waals surface area (Å²) >= 11 is 0. The molecule has 1 atom stereocenters. The van der Waals surface area contributed by atoms with Gasteiger partial charge in [-0.15, -0.1) is 0 Å². The Kier molecular flexibility index (Phi) is 7.16. The molecule has 0 spiro atoms. The first-order chi connectivity index (χ1) is 16.7. The number of nitrogen functional groups attached to an aromatic ring is 1. The van der Waals surface area contributed by atoms with Crippen LogP contribution in [-0.4, -0.2) is 54.1 Å². The molecule has 9 heteroatoms. The standard InChI is InChI=1S/C26H29F2N5O2/c1-32-13-3-4-17(32)11-12-30-26(35)19-7-8-22(31-25(19)29)20-15-18(6-10-24(20)34)33(2)23-9-5-16(27)14-21(23)28/h5-10,14-15,17,34H,3-4,11-13H2,1-2H3,(H2,29,31)(H,30,35). The average Bonchev–Trinajstić information content (AvgIpc) is 3.23. The molecule has 4 rings (SSSR count). The Labute approximate surface area is 203 Å². The van der Waals surface area contributed by atoms with Gasteiger partial charge in [0.15, 0.2) is 0 Å². The zero-order chi connectivity index (χ0) is 25.1. The van der Waals surface area contributed by atoms with E-state index in [1.165, 1.54) is 29.5 Å². The van der Waals surface area contributed by atoms with E-state index in [4.69, 9.17) is 5.73 Å². The van der Waals surface area contributed by atoms with Gasteiger partial charge in [-0.1, -0.05) is 0 Å². The zero-order valence-corrected chi connectivity index (χ0v) is 19.8. The number of anilines is 3. The molecule has 7 nitrogen and oxygen atoms in total. The van der Waals surface area contributed by atoms with E-state index in [0.717, 1.165) is 25.5 Å². The molecule has 1 aromatic heterocycles. The van der Waals surface area contributed by atoms with Crippen LogP contribution in [0.25, 0.3) is 11.3 Å². The van der Waals surface area contributed by atoms with E-state index in [-0.39, 0.29) is 28.7 Å². The minimum absolute atomic E-state index is 0.0423. The lowest BCUT2D eigenvalue weighted by molar-refractivity contribution is 0.0951. The first kappa shape index (κ1) is 24.4. The maximum atomic E-state index is 14.3. The number of carbonyl (C=O) groups is 1. The van der Waals surface area contributed by atoms with Crippen molar-refractivity contribution in [3.8, 4) is 17.0 Å². The Bertz CT molecular complexity index is 1240. The lowest BCUT2D eigenvalue weighted by atomic mass is 10.1. The number of hydrogen-bond donors (Lipinski definition) is 3. The topological polar surface area (TPSA) is 94.7 Å². The molecule has 0 saturated carbocycles. The van der Waals surface area contributed by atoms with Gasteiger partial charge in [-0.25, -0.2) is 13.8 Å². The summed E-state index contributed by atoms with van der Waals surface area (Å²) in [6.45, 7) is 1.63. The van der Waals surface area contributed by atoms with Crippen molar-refractivity contribution in [2.75, 3.05) is 37.8 Å². The van der Waals surface area contributed by atoms with E-state index in [0.29, 0.717) is 29.5 Å². The van der Waals surface area contributed by atoms with Crippen molar-refractivity contribution >= 4 is 23.1 Å². The predicted molar refractivity (Wildman–Crippen MR) is 133 cm³/mol. The Morgan fingerprint density at radius 3 is 2.71 bits per heavy atom. The molecule has 0 aliphatic carbocycles. The molecule has 1 aliphatic heterocycles. The van der Waals surface area contributed by atoms with Crippen molar-refractivity contribution in [3.63, 3.8) is 0 Å². The molecule has 1 aliphatic rings. The monoisotopic (exact) mass is 481 g/mol. The molecular weight excluding hydrogens is 452 g/mol. The molecule has 1 unspecified atom stereocenters. The van der Waals surface area contributed by atoms with Gasteiger partial charge in [0.1, 0.15) is 23.2 Å². The maximum absolute atomic E-state index is 14.3. The van der Waals surface area contributed by atoms with E-state index in [2.05, 4.69) is 22.2 Å². The molecular formula is C26H29F2N5O2. The Morgan fingerprint density at radius 1 is 1.23 bits per heavy atom. The number of aromatic hydroxyl groups is 1. The number of pyridine rings is 1. The molecule has 0 radical (unpaired) electrons. The number of carbonyl (C=O) groups excluding carboxylic acids is 1. The molecule has 35 heavy (non-hydrogen) atoms. The van der Waals surface area contributed by atoms with Gasteiger partial charge in [0, 0.05) is 37.0 Å². The van der Waals surface area contributed by atoms with Gasteiger partial charge in [-0.05, 0) is 75.3 Å². The van der Waals surface area contributed by atoms with E-state index in [1.807, 2.05) is 0 Å². The fourth-order valence-corrected chi connectivity index (χ4v) is 4.44. The van der Waals surface area contributed by atoms with Crippen LogP contribution in [0.5, 0.6) is 5.75 Å². The highest BCUT2D eigenvalue weighted by atomic mass is 19.1. The van der Waals surface area contributed by atoms with E-state index in [1.54, 1.807) is 31.3 Å². The number of phenolic OH excluding ortho intramolecular Hbond substituents is 1. The van der Waals surface area contributed by atoms with Crippen LogP contribution < -0.4 is 16.0 Å². The number of halogens is 2. The molecule has 1 saturated heterocycles. The van der Waals surface area contributed by atoms with Gasteiger partial charge in [0.05, 0.1) is 16.9 Å². The molecule has 1 fully saturated rings. The highest BCUT2D eigenvalue weighted by molar-refractivity contribution is 5.98. The van der Waals surface area contributed by atoms with Gasteiger partial charge in [-0.3, -0.25) is 4.79 Å². The second-order valence-corrected chi connectivity index (χ2v) is 8.81. The average molecular weight is 482 g/mol. The van der Waals surface area contributed by atoms with Crippen molar-refractivity contribution in [1.82, 2.24) is 15.2 Å². The Morgan fingerprint density at radius 2 is 2.03 bits per heavy atom. The summed E-state index contributed by atoms with van der Waals surface area (Å²) in [4.78, 5) is 20.8. The van der Waals surface area contributed by atoms with E-state index >= 15 is 0 Å². The van der Waals surface area contributed by atoms with Crippen LogP contribution in [-0.2, 0) is 0 Å². The minimum atomic E-state index is -0.709. The number of phenols is 1. The number of benzene rings is 2. The van der Waals surface area contributed by atoms with Crippen molar-refractivity contribution in [2.45, 2.75) is 25.3 Å². The summed E-state index contributed by atoms with van der Waals surface area (Å²) < 4.78 is 27.5. The number of hydrogen-bond acceptors (Lipinski definition) is 6. The van der Waals surface area contributed by atoms with Crippen molar-refractivity contribution < 1.29 is 18.7 Å². The van der Waals surface area contributed by atoms with Gasteiger partial charge >= 0.3 is 0 Å². The number of nitrogens with one attached hydrogen (secondary N) is 1. The first-order valence-corrected chi connectivity index (χ1v) is 11.5.